The average Bonchev–Trinajstić information content (AvgIpc) is 3.16. The van der Waals surface area contributed by atoms with Crippen molar-refractivity contribution < 1.29 is 28.9 Å². The summed E-state index contributed by atoms with van der Waals surface area (Å²) in [7, 11) is 1.28. The molecule has 0 radical (unpaired) electrons. The number of carbonyl (C=O) groups is 2. The van der Waals surface area contributed by atoms with E-state index in [0.717, 1.165) is 11.1 Å². The van der Waals surface area contributed by atoms with Crippen LogP contribution in [0.2, 0.25) is 0 Å². The van der Waals surface area contributed by atoms with Gasteiger partial charge in [0.1, 0.15) is 12.2 Å². The molecule has 36 heavy (non-hydrogen) atoms. The van der Waals surface area contributed by atoms with Crippen molar-refractivity contribution in [1.82, 2.24) is 5.43 Å². The molecule has 0 spiro atoms. The zero-order valence-electron chi connectivity index (χ0n) is 18.7. The Morgan fingerprint density at radius 1 is 0.972 bits per heavy atom. The summed E-state index contributed by atoms with van der Waals surface area (Å²) in [6.45, 7) is -0.202. The summed E-state index contributed by atoms with van der Waals surface area (Å²) in [5.41, 5.74) is 2.64. The molecular formula is C24H18N4O8. The number of benzene rings is 3. The third-order valence-electron chi connectivity index (χ3n) is 5.20. The highest BCUT2D eigenvalue weighted by atomic mass is 16.6. The molecule has 2 amide bonds. The standard InChI is InChI=1S/C24H18N4O8/c1-35-21-13-16(11-19-23(29)25-26(24(19)30)17-7-3-2-4-8-17)12-20(28(33)34)22(21)36-14-15-6-5-9-18(10-15)27(31)32/h2-13H,14H2,1H3,(H,25,29)/b19-11-. The van der Waals surface area contributed by atoms with Crippen LogP contribution >= 0.6 is 0 Å². The van der Waals surface area contributed by atoms with E-state index >= 15 is 0 Å². The molecule has 1 heterocycles. The summed E-state index contributed by atoms with van der Waals surface area (Å²) in [6.07, 6.45) is 1.22. The number of para-hydroxylation sites is 1. The SMILES string of the molecule is COc1cc(/C=C2/C(=O)NN(c3ccccc3)C2=O)cc([N+](=O)[O-])c1OCc1cccc([N+](=O)[O-])c1. The summed E-state index contributed by atoms with van der Waals surface area (Å²) < 4.78 is 10.9. The molecule has 4 rings (SSSR count). The molecule has 12 nitrogen and oxygen atoms in total. The molecule has 1 N–H and O–H groups in total. The van der Waals surface area contributed by atoms with E-state index in [0.29, 0.717) is 11.3 Å². The monoisotopic (exact) mass is 490 g/mol. The van der Waals surface area contributed by atoms with Crippen LogP contribution in [0.15, 0.2) is 72.3 Å². The predicted octanol–water partition coefficient (Wildman–Crippen LogP) is 3.55. The molecule has 0 bridgehead atoms. The highest BCUT2D eigenvalue weighted by Crippen LogP contribution is 2.39. The van der Waals surface area contributed by atoms with Gasteiger partial charge in [-0.05, 0) is 35.4 Å². The number of hydrogen-bond donors (Lipinski definition) is 1. The maximum absolute atomic E-state index is 12.8. The highest BCUT2D eigenvalue weighted by Gasteiger charge is 2.34. The Hall–Kier alpha value is -5.26. The van der Waals surface area contributed by atoms with E-state index in [1.807, 2.05) is 0 Å². The minimum atomic E-state index is -0.694. The molecule has 1 saturated heterocycles. The number of nitro benzene ring substituents is 2. The number of amides is 2. The van der Waals surface area contributed by atoms with Gasteiger partial charge in [-0.2, -0.15) is 0 Å². The smallest absolute Gasteiger partial charge is 0.315 e. The van der Waals surface area contributed by atoms with Gasteiger partial charge in [0.2, 0.25) is 5.75 Å². The van der Waals surface area contributed by atoms with Crippen molar-refractivity contribution in [2.45, 2.75) is 6.61 Å². The Morgan fingerprint density at radius 3 is 2.39 bits per heavy atom. The maximum Gasteiger partial charge on any atom is 0.315 e. The molecule has 0 atom stereocenters. The second kappa shape index (κ2) is 9.93. The van der Waals surface area contributed by atoms with Gasteiger partial charge in [-0.1, -0.05) is 30.3 Å². The van der Waals surface area contributed by atoms with Crippen LogP contribution in [0.4, 0.5) is 17.1 Å². The fraction of sp³-hybridized carbons (Fsp3) is 0.0833. The normalized spacial score (nSPS) is 14.0. The molecule has 1 fully saturated rings. The summed E-state index contributed by atoms with van der Waals surface area (Å²) in [4.78, 5) is 46.8. The number of methoxy groups -OCH3 is 1. The quantitative estimate of drug-likeness (QED) is 0.218. The van der Waals surface area contributed by atoms with Crippen LogP contribution in [-0.4, -0.2) is 28.8 Å². The van der Waals surface area contributed by atoms with Gasteiger partial charge >= 0.3 is 5.69 Å². The first-order valence-corrected chi connectivity index (χ1v) is 10.4. The molecule has 182 valence electrons. The van der Waals surface area contributed by atoms with Gasteiger partial charge < -0.3 is 9.47 Å². The number of anilines is 1. The van der Waals surface area contributed by atoms with E-state index in [1.165, 1.54) is 37.5 Å². The number of nitrogens with zero attached hydrogens (tertiary/aromatic N) is 3. The Labute approximate surface area is 203 Å². The molecule has 12 heteroatoms. The first-order chi connectivity index (χ1) is 17.3. The number of non-ortho nitro benzene ring substituents is 1. The molecule has 1 aliphatic rings. The summed E-state index contributed by atoms with van der Waals surface area (Å²) >= 11 is 0. The Bertz CT molecular complexity index is 1400. The predicted molar refractivity (Wildman–Crippen MR) is 127 cm³/mol. The van der Waals surface area contributed by atoms with Crippen LogP contribution in [0.5, 0.6) is 11.5 Å². The average molecular weight is 490 g/mol. The zero-order valence-corrected chi connectivity index (χ0v) is 18.7. The van der Waals surface area contributed by atoms with Crippen molar-refractivity contribution in [1.29, 1.82) is 0 Å². The lowest BCUT2D eigenvalue weighted by molar-refractivity contribution is -0.386. The molecule has 3 aromatic rings. The van der Waals surface area contributed by atoms with E-state index in [1.54, 1.807) is 36.4 Å². The lowest BCUT2D eigenvalue weighted by atomic mass is 10.1. The molecule has 0 aromatic heterocycles. The molecule has 0 aliphatic carbocycles. The van der Waals surface area contributed by atoms with Crippen LogP contribution in [0, 0.1) is 20.2 Å². The largest absolute Gasteiger partial charge is 0.493 e. The zero-order chi connectivity index (χ0) is 25.8. The summed E-state index contributed by atoms with van der Waals surface area (Å²) in [5, 5.41) is 23.9. The molecule has 1 aliphatic heterocycles. The van der Waals surface area contributed by atoms with E-state index in [4.69, 9.17) is 9.47 Å². The highest BCUT2D eigenvalue weighted by molar-refractivity contribution is 6.31. The maximum atomic E-state index is 12.8. The van der Waals surface area contributed by atoms with Gasteiger partial charge in [0.05, 0.1) is 22.6 Å². The second-order valence-corrected chi connectivity index (χ2v) is 7.52. The molecule has 3 aromatic carbocycles. The third kappa shape index (κ3) is 4.82. The Kier molecular flexibility index (Phi) is 6.59. The lowest BCUT2D eigenvalue weighted by Crippen LogP contribution is -2.35. The van der Waals surface area contributed by atoms with E-state index in [2.05, 4.69) is 5.43 Å². The van der Waals surface area contributed by atoms with Crippen LogP contribution < -0.4 is 19.9 Å². The van der Waals surface area contributed by atoms with E-state index < -0.39 is 27.3 Å². The van der Waals surface area contributed by atoms with Crippen molar-refractivity contribution in [3.8, 4) is 11.5 Å². The number of hydrogen-bond acceptors (Lipinski definition) is 8. The van der Waals surface area contributed by atoms with Gasteiger partial charge in [0.25, 0.3) is 17.5 Å². The molecule has 0 unspecified atom stereocenters. The minimum absolute atomic E-state index is 0.0211. The van der Waals surface area contributed by atoms with Gasteiger partial charge in [0.15, 0.2) is 5.75 Å². The van der Waals surface area contributed by atoms with Crippen molar-refractivity contribution in [2.75, 3.05) is 12.1 Å². The Balaban J connectivity index is 1.66. The van der Waals surface area contributed by atoms with Crippen LogP contribution in [-0.2, 0) is 16.2 Å². The number of carbonyl (C=O) groups excluding carboxylic acids is 2. The second-order valence-electron chi connectivity index (χ2n) is 7.52. The van der Waals surface area contributed by atoms with Crippen molar-refractivity contribution >= 4 is 35.0 Å². The minimum Gasteiger partial charge on any atom is -0.493 e. The van der Waals surface area contributed by atoms with Crippen molar-refractivity contribution in [3.05, 3.63) is 104 Å². The third-order valence-corrected chi connectivity index (χ3v) is 5.20. The first-order valence-electron chi connectivity index (χ1n) is 10.4. The van der Waals surface area contributed by atoms with Gasteiger partial charge in [-0.3, -0.25) is 35.2 Å². The summed E-state index contributed by atoms with van der Waals surface area (Å²) in [6, 6.07) is 16.6. The first kappa shape index (κ1) is 23.9. The number of rotatable bonds is 8. The van der Waals surface area contributed by atoms with Crippen molar-refractivity contribution in [3.63, 3.8) is 0 Å². The lowest BCUT2D eigenvalue weighted by Gasteiger charge is -2.14. The topological polar surface area (TPSA) is 154 Å². The van der Waals surface area contributed by atoms with Crippen LogP contribution in [0.3, 0.4) is 0 Å². The number of nitrogens with one attached hydrogen (secondary N) is 1. The van der Waals surface area contributed by atoms with Gasteiger partial charge in [-0.15, -0.1) is 0 Å². The van der Waals surface area contributed by atoms with E-state index in [-0.39, 0.29) is 34.9 Å². The fourth-order valence-corrected chi connectivity index (χ4v) is 3.52. The van der Waals surface area contributed by atoms with Crippen molar-refractivity contribution in [2.24, 2.45) is 0 Å². The number of nitro groups is 2. The van der Waals surface area contributed by atoms with E-state index in [9.17, 15) is 29.8 Å². The van der Waals surface area contributed by atoms with Gasteiger partial charge in [-0.25, -0.2) is 5.01 Å². The Morgan fingerprint density at radius 2 is 1.72 bits per heavy atom. The molecular weight excluding hydrogens is 472 g/mol. The molecule has 0 saturated carbocycles. The van der Waals surface area contributed by atoms with Gasteiger partial charge in [0, 0.05) is 18.2 Å². The summed E-state index contributed by atoms with van der Waals surface area (Å²) in [5.74, 6) is -1.52. The fourth-order valence-electron chi connectivity index (χ4n) is 3.52. The van der Waals surface area contributed by atoms with Crippen LogP contribution in [0.25, 0.3) is 6.08 Å². The number of hydrazine groups is 1. The number of ether oxygens (including phenoxy) is 2. The van der Waals surface area contributed by atoms with Crippen LogP contribution in [0.1, 0.15) is 11.1 Å².